The van der Waals surface area contributed by atoms with Gasteiger partial charge in [-0.25, -0.2) is 0 Å². The van der Waals surface area contributed by atoms with Crippen LogP contribution >= 0.6 is 27.3 Å². The maximum absolute atomic E-state index is 6.37. The number of thiophene rings is 1. The highest BCUT2D eigenvalue weighted by molar-refractivity contribution is 9.10. The van der Waals surface area contributed by atoms with Gasteiger partial charge in [-0.15, -0.1) is 11.3 Å². The summed E-state index contributed by atoms with van der Waals surface area (Å²) in [7, 11) is 0. The average Bonchev–Trinajstić information content (AvgIpc) is 2.57. The zero-order chi connectivity index (χ0) is 12.6. The fourth-order valence-corrected chi connectivity index (χ4v) is 3.56. The lowest BCUT2D eigenvalue weighted by molar-refractivity contribution is 0.858. The molecule has 1 nitrogen and oxygen atoms in total. The van der Waals surface area contributed by atoms with E-state index >= 15 is 0 Å². The van der Waals surface area contributed by atoms with E-state index in [2.05, 4.69) is 61.0 Å². The number of nitrogens with two attached hydrogens (primary N) is 1. The predicted octanol–water partition coefficient (Wildman–Crippen LogP) is 4.48. The second-order valence-corrected chi connectivity index (χ2v) is 6.72. The Morgan fingerprint density at radius 2 is 1.82 bits per heavy atom. The van der Waals surface area contributed by atoms with E-state index in [1.165, 1.54) is 26.4 Å². The third kappa shape index (κ3) is 2.62. The molecule has 90 valence electrons. The van der Waals surface area contributed by atoms with Gasteiger partial charge < -0.3 is 5.73 Å². The number of benzene rings is 1. The Morgan fingerprint density at radius 3 is 2.35 bits per heavy atom. The molecule has 2 N–H and O–H groups in total. The summed E-state index contributed by atoms with van der Waals surface area (Å²) >= 11 is 5.29. The van der Waals surface area contributed by atoms with E-state index in [-0.39, 0.29) is 6.04 Å². The van der Waals surface area contributed by atoms with Crippen molar-refractivity contribution in [1.29, 1.82) is 0 Å². The van der Waals surface area contributed by atoms with E-state index in [0.717, 1.165) is 4.47 Å². The topological polar surface area (TPSA) is 26.0 Å². The Morgan fingerprint density at radius 1 is 1.12 bits per heavy atom. The van der Waals surface area contributed by atoms with Gasteiger partial charge in [0, 0.05) is 14.2 Å². The van der Waals surface area contributed by atoms with E-state index < -0.39 is 0 Å². The van der Waals surface area contributed by atoms with Gasteiger partial charge in [0.2, 0.25) is 0 Å². The molecule has 0 aliphatic carbocycles. The molecule has 0 aliphatic heterocycles. The highest BCUT2D eigenvalue weighted by atomic mass is 79.9. The molecule has 3 heteroatoms. The minimum absolute atomic E-state index is 0.0203. The van der Waals surface area contributed by atoms with Crippen LogP contribution in [0.15, 0.2) is 28.7 Å². The Labute approximate surface area is 115 Å². The van der Waals surface area contributed by atoms with Gasteiger partial charge in [-0.2, -0.15) is 0 Å². The Bertz CT molecular complexity index is 545. The molecule has 1 unspecified atom stereocenters. The van der Waals surface area contributed by atoms with Crippen molar-refractivity contribution < 1.29 is 0 Å². The monoisotopic (exact) mass is 309 g/mol. The Balaban J connectivity index is 2.43. The number of hydrogen-bond donors (Lipinski definition) is 1. The molecule has 1 aromatic heterocycles. The number of aryl methyl sites for hydroxylation is 3. The molecular formula is C14H16BrNS. The summed E-state index contributed by atoms with van der Waals surface area (Å²) in [5.74, 6) is 0. The SMILES string of the molecule is Cc1cc(C(N)c2ccc(Br)cc2C)c(C)s1. The van der Waals surface area contributed by atoms with Gasteiger partial charge in [-0.3, -0.25) is 0 Å². The lowest BCUT2D eigenvalue weighted by Crippen LogP contribution is -2.13. The lowest BCUT2D eigenvalue weighted by atomic mass is 9.96. The number of halogens is 1. The van der Waals surface area contributed by atoms with Crippen molar-refractivity contribution >= 4 is 27.3 Å². The molecule has 1 atom stereocenters. The maximum Gasteiger partial charge on any atom is 0.0565 e. The minimum Gasteiger partial charge on any atom is -0.320 e. The standard InChI is InChI=1S/C14H16BrNS/c1-8-6-11(15)4-5-12(8)14(16)13-7-9(2)17-10(13)3/h4-7,14H,16H2,1-3H3. The summed E-state index contributed by atoms with van der Waals surface area (Å²) in [6.45, 7) is 6.37. The number of rotatable bonds is 2. The zero-order valence-electron chi connectivity index (χ0n) is 10.3. The molecule has 1 aromatic carbocycles. The highest BCUT2D eigenvalue weighted by Crippen LogP contribution is 2.31. The van der Waals surface area contributed by atoms with Crippen molar-refractivity contribution in [2.24, 2.45) is 5.73 Å². The summed E-state index contributed by atoms with van der Waals surface area (Å²) in [5, 5.41) is 0. The third-order valence-electron chi connectivity index (χ3n) is 2.98. The largest absolute Gasteiger partial charge is 0.320 e. The minimum atomic E-state index is -0.0203. The van der Waals surface area contributed by atoms with Crippen LogP contribution in [0.5, 0.6) is 0 Å². The summed E-state index contributed by atoms with van der Waals surface area (Å²) in [5.41, 5.74) is 10.1. The molecule has 2 rings (SSSR count). The highest BCUT2D eigenvalue weighted by Gasteiger charge is 2.15. The molecule has 2 aromatic rings. The van der Waals surface area contributed by atoms with Gasteiger partial charge in [0.1, 0.15) is 0 Å². The molecular weight excluding hydrogens is 294 g/mol. The van der Waals surface area contributed by atoms with E-state index in [1.807, 2.05) is 11.3 Å². The van der Waals surface area contributed by atoms with E-state index in [1.54, 1.807) is 0 Å². The van der Waals surface area contributed by atoms with E-state index in [0.29, 0.717) is 0 Å². The predicted molar refractivity (Wildman–Crippen MR) is 78.7 cm³/mol. The van der Waals surface area contributed by atoms with Crippen molar-refractivity contribution in [2.45, 2.75) is 26.8 Å². The van der Waals surface area contributed by atoms with Crippen LogP contribution in [-0.2, 0) is 0 Å². The van der Waals surface area contributed by atoms with Crippen molar-refractivity contribution in [3.05, 3.63) is 55.2 Å². The maximum atomic E-state index is 6.37. The normalized spacial score (nSPS) is 12.8. The smallest absolute Gasteiger partial charge is 0.0565 e. The van der Waals surface area contributed by atoms with Gasteiger partial charge in [0.25, 0.3) is 0 Å². The second kappa shape index (κ2) is 4.92. The Kier molecular flexibility index (Phi) is 3.71. The van der Waals surface area contributed by atoms with Crippen LogP contribution < -0.4 is 5.73 Å². The summed E-state index contributed by atoms with van der Waals surface area (Å²) in [4.78, 5) is 2.64. The first kappa shape index (κ1) is 12.8. The van der Waals surface area contributed by atoms with Crippen molar-refractivity contribution in [3.63, 3.8) is 0 Å². The van der Waals surface area contributed by atoms with Crippen LogP contribution in [-0.4, -0.2) is 0 Å². The van der Waals surface area contributed by atoms with Gasteiger partial charge in [0.05, 0.1) is 6.04 Å². The first-order chi connectivity index (χ1) is 7.99. The van der Waals surface area contributed by atoms with Crippen LogP contribution in [0.2, 0.25) is 0 Å². The van der Waals surface area contributed by atoms with Gasteiger partial charge in [0.15, 0.2) is 0 Å². The fraction of sp³-hybridized carbons (Fsp3) is 0.286. The molecule has 0 aliphatic rings. The van der Waals surface area contributed by atoms with Crippen molar-refractivity contribution in [2.75, 3.05) is 0 Å². The van der Waals surface area contributed by atoms with E-state index in [4.69, 9.17) is 5.73 Å². The van der Waals surface area contributed by atoms with Crippen LogP contribution in [0.25, 0.3) is 0 Å². The Hall–Kier alpha value is -0.640. The molecule has 0 radical (unpaired) electrons. The molecule has 0 spiro atoms. The van der Waals surface area contributed by atoms with Crippen molar-refractivity contribution in [1.82, 2.24) is 0 Å². The summed E-state index contributed by atoms with van der Waals surface area (Å²) < 4.78 is 1.10. The third-order valence-corrected chi connectivity index (χ3v) is 4.46. The van der Waals surface area contributed by atoms with Gasteiger partial charge >= 0.3 is 0 Å². The van der Waals surface area contributed by atoms with Crippen LogP contribution in [0, 0.1) is 20.8 Å². The molecule has 1 heterocycles. The van der Waals surface area contributed by atoms with Crippen molar-refractivity contribution in [3.8, 4) is 0 Å². The first-order valence-corrected chi connectivity index (χ1v) is 7.18. The van der Waals surface area contributed by atoms with E-state index in [9.17, 15) is 0 Å². The van der Waals surface area contributed by atoms with Crippen LogP contribution in [0.1, 0.15) is 32.5 Å². The summed E-state index contributed by atoms with van der Waals surface area (Å²) in [6.07, 6.45) is 0. The molecule has 0 saturated heterocycles. The molecule has 17 heavy (non-hydrogen) atoms. The van der Waals surface area contributed by atoms with Gasteiger partial charge in [-0.05, 0) is 55.7 Å². The molecule has 0 amide bonds. The molecule has 0 saturated carbocycles. The van der Waals surface area contributed by atoms with Crippen LogP contribution in [0.4, 0.5) is 0 Å². The first-order valence-electron chi connectivity index (χ1n) is 5.57. The fourth-order valence-electron chi connectivity index (χ4n) is 2.11. The number of hydrogen-bond acceptors (Lipinski definition) is 2. The lowest BCUT2D eigenvalue weighted by Gasteiger charge is -2.15. The van der Waals surface area contributed by atoms with Crippen LogP contribution in [0.3, 0.4) is 0 Å². The zero-order valence-corrected chi connectivity index (χ0v) is 12.7. The quantitative estimate of drug-likeness (QED) is 0.869. The van der Waals surface area contributed by atoms with Gasteiger partial charge in [-0.1, -0.05) is 22.0 Å². The second-order valence-electron chi connectivity index (χ2n) is 4.35. The average molecular weight is 310 g/mol. The molecule has 0 fully saturated rings. The molecule has 0 bridgehead atoms. The summed E-state index contributed by atoms with van der Waals surface area (Å²) in [6, 6.07) is 8.46.